The van der Waals surface area contributed by atoms with E-state index in [1.54, 1.807) is 68.4 Å². The zero-order valence-electron chi connectivity index (χ0n) is 20.1. The maximum absolute atomic E-state index is 13.5. The number of aryl methyl sites for hydroxylation is 2. The van der Waals surface area contributed by atoms with Crippen LogP contribution < -0.4 is 15.0 Å². The van der Waals surface area contributed by atoms with E-state index in [-0.39, 0.29) is 10.8 Å². The smallest absolute Gasteiger partial charge is 0.264 e. The lowest BCUT2D eigenvalue weighted by Gasteiger charge is -2.25. The highest BCUT2D eigenvalue weighted by Crippen LogP contribution is 2.27. The number of hydrogen-bond acceptors (Lipinski definition) is 5. The fourth-order valence-corrected chi connectivity index (χ4v) is 4.99. The molecule has 0 spiro atoms. The summed E-state index contributed by atoms with van der Waals surface area (Å²) in [5.41, 5.74) is 6.50. The molecule has 0 aliphatic heterocycles. The third kappa shape index (κ3) is 6.54. The van der Waals surface area contributed by atoms with E-state index in [1.165, 1.54) is 19.1 Å². The van der Waals surface area contributed by atoms with Gasteiger partial charge in [0.15, 0.2) is 0 Å². The van der Waals surface area contributed by atoms with Crippen LogP contribution >= 0.6 is 0 Å². The predicted octanol–water partition coefficient (Wildman–Crippen LogP) is 4.00. The van der Waals surface area contributed by atoms with E-state index in [4.69, 9.17) is 0 Å². The average Bonchev–Trinajstić information content (AvgIpc) is 2.82. The van der Waals surface area contributed by atoms with Gasteiger partial charge in [-0.2, -0.15) is 5.10 Å². The molecule has 2 N–H and O–H groups in total. The Morgan fingerprint density at radius 3 is 2.17 bits per heavy atom. The second-order valence-corrected chi connectivity index (χ2v) is 9.97. The van der Waals surface area contributed by atoms with Gasteiger partial charge in [-0.15, -0.1) is 0 Å². The molecule has 35 heavy (non-hydrogen) atoms. The van der Waals surface area contributed by atoms with Crippen molar-refractivity contribution in [1.82, 2.24) is 5.43 Å². The van der Waals surface area contributed by atoms with Crippen molar-refractivity contribution >= 4 is 38.9 Å². The molecule has 182 valence electrons. The van der Waals surface area contributed by atoms with Crippen LogP contribution in [-0.4, -0.2) is 32.5 Å². The highest BCUT2D eigenvalue weighted by Gasteiger charge is 2.28. The van der Waals surface area contributed by atoms with Crippen molar-refractivity contribution < 1.29 is 18.0 Å². The third-order valence-electron chi connectivity index (χ3n) is 5.21. The summed E-state index contributed by atoms with van der Waals surface area (Å²) in [4.78, 5) is 24.1. The fourth-order valence-electron chi connectivity index (χ4n) is 3.48. The Labute approximate surface area is 205 Å². The third-order valence-corrected chi connectivity index (χ3v) is 6.98. The summed E-state index contributed by atoms with van der Waals surface area (Å²) in [7, 11) is -4.00. The Morgan fingerprint density at radius 1 is 0.914 bits per heavy atom. The molecule has 3 aromatic carbocycles. The number of sulfonamides is 1. The van der Waals surface area contributed by atoms with Gasteiger partial charge in [0, 0.05) is 12.6 Å². The van der Waals surface area contributed by atoms with Gasteiger partial charge >= 0.3 is 0 Å². The zero-order valence-corrected chi connectivity index (χ0v) is 20.9. The molecule has 0 saturated carbocycles. The van der Waals surface area contributed by atoms with Crippen molar-refractivity contribution in [3.05, 3.63) is 89.5 Å². The molecule has 3 rings (SSSR count). The highest BCUT2D eigenvalue weighted by molar-refractivity contribution is 7.92. The molecule has 0 unspecified atom stereocenters. The van der Waals surface area contributed by atoms with Crippen LogP contribution in [0.4, 0.5) is 11.4 Å². The lowest BCUT2D eigenvalue weighted by molar-refractivity contribution is -0.119. The molecule has 0 fully saturated rings. The molecule has 0 saturated heterocycles. The number of anilines is 2. The second kappa shape index (κ2) is 11.0. The molecule has 0 atom stereocenters. The van der Waals surface area contributed by atoms with Crippen LogP contribution in [0.5, 0.6) is 0 Å². The van der Waals surface area contributed by atoms with Crippen molar-refractivity contribution in [2.24, 2.45) is 5.10 Å². The topological polar surface area (TPSA) is 108 Å². The minimum Gasteiger partial charge on any atom is -0.326 e. The molecule has 0 aromatic heterocycles. The average molecular weight is 493 g/mol. The lowest BCUT2D eigenvalue weighted by atomic mass is 10.1. The van der Waals surface area contributed by atoms with E-state index in [2.05, 4.69) is 15.8 Å². The minimum absolute atomic E-state index is 0.0896. The summed E-state index contributed by atoms with van der Waals surface area (Å²) >= 11 is 0. The molecular weight excluding hydrogens is 464 g/mol. The number of carbonyl (C=O) groups is 2. The highest BCUT2D eigenvalue weighted by atomic mass is 32.2. The number of amides is 2. The molecule has 0 bridgehead atoms. The maximum Gasteiger partial charge on any atom is 0.264 e. The Balaban J connectivity index is 1.83. The van der Waals surface area contributed by atoms with Crippen LogP contribution in [0.25, 0.3) is 0 Å². The number of carbonyl (C=O) groups excluding carboxylic acids is 2. The van der Waals surface area contributed by atoms with Gasteiger partial charge in [0.1, 0.15) is 6.54 Å². The first-order valence-electron chi connectivity index (χ1n) is 10.9. The van der Waals surface area contributed by atoms with Crippen LogP contribution in [0, 0.1) is 13.8 Å². The van der Waals surface area contributed by atoms with Crippen molar-refractivity contribution in [3.63, 3.8) is 0 Å². The fraction of sp³-hybridized carbons (Fsp3) is 0.192. The quantitative estimate of drug-likeness (QED) is 0.366. The monoisotopic (exact) mass is 492 g/mol. The first-order chi connectivity index (χ1) is 16.6. The molecule has 8 nitrogen and oxygen atoms in total. The Bertz CT molecular complexity index is 1350. The van der Waals surface area contributed by atoms with E-state index in [1.807, 2.05) is 13.0 Å². The molecule has 3 aromatic rings. The van der Waals surface area contributed by atoms with Crippen LogP contribution in [-0.2, 0) is 19.6 Å². The van der Waals surface area contributed by atoms with Gasteiger partial charge < -0.3 is 5.32 Å². The van der Waals surface area contributed by atoms with Crippen molar-refractivity contribution in [3.8, 4) is 0 Å². The van der Waals surface area contributed by atoms with Gasteiger partial charge in [-0.25, -0.2) is 13.8 Å². The van der Waals surface area contributed by atoms with E-state index < -0.39 is 22.5 Å². The summed E-state index contributed by atoms with van der Waals surface area (Å²) in [6.07, 6.45) is 0. The molecule has 0 aliphatic carbocycles. The number of nitrogens with zero attached hydrogens (tertiary/aromatic N) is 2. The van der Waals surface area contributed by atoms with Gasteiger partial charge in [-0.05, 0) is 62.2 Å². The number of rotatable bonds is 8. The van der Waals surface area contributed by atoms with E-state index >= 15 is 0 Å². The largest absolute Gasteiger partial charge is 0.326 e. The van der Waals surface area contributed by atoms with Gasteiger partial charge in [0.2, 0.25) is 5.91 Å². The number of benzene rings is 3. The Kier molecular flexibility index (Phi) is 8.03. The van der Waals surface area contributed by atoms with Gasteiger partial charge in [0.25, 0.3) is 15.9 Å². The first-order valence-corrected chi connectivity index (χ1v) is 12.4. The molecule has 9 heteroatoms. The van der Waals surface area contributed by atoms with Crippen LogP contribution in [0.3, 0.4) is 0 Å². The Morgan fingerprint density at radius 2 is 1.57 bits per heavy atom. The van der Waals surface area contributed by atoms with Crippen molar-refractivity contribution in [1.29, 1.82) is 0 Å². The molecule has 0 aliphatic rings. The van der Waals surface area contributed by atoms with Gasteiger partial charge in [-0.3, -0.25) is 13.9 Å². The van der Waals surface area contributed by atoms with E-state index in [9.17, 15) is 18.0 Å². The standard InChI is InChI=1S/C26H28N4O4S/c1-18-10-15-25(19(2)16-18)30(35(33,34)24-8-6-5-7-9-24)17-26(32)29-28-20(3)22-11-13-23(14-12-22)27-21(4)31/h5-16H,17H2,1-4H3,(H,27,31)(H,29,32). The number of hydrazone groups is 1. The SMILES string of the molecule is CC(=O)Nc1ccc(C(C)=NNC(=O)CN(c2ccc(C)cc2C)S(=O)(=O)c2ccccc2)cc1. The molecule has 2 amide bonds. The summed E-state index contributed by atoms with van der Waals surface area (Å²) < 4.78 is 28.0. The summed E-state index contributed by atoms with van der Waals surface area (Å²) in [5, 5.41) is 6.81. The lowest BCUT2D eigenvalue weighted by Crippen LogP contribution is -2.40. The van der Waals surface area contributed by atoms with Crippen LogP contribution in [0.15, 0.2) is 82.8 Å². The second-order valence-electron chi connectivity index (χ2n) is 8.11. The van der Waals surface area contributed by atoms with E-state index in [0.717, 1.165) is 21.0 Å². The number of nitrogens with one attached hydrogen (secondary N) is 2. The molecule has 0 heterocycles. The van der Waals surface area contributed by atoms with Gasteiger partial charge in [0.05, 0.1) is 16.3 Å². The zero-order chi connectivity index (χ0) is 25.6. The van der Waals surface area contributed by atoms with E-state index in [0.29, 0.717) is 17.1 Å². The number of hydrogen-bond donors (Lipinski definition) is 2. The predicted molar refractivity (Wildman–Crippen MR) is 138 cm³/mol. The molecule has 0 radical (unpaired) electrons. The Hall–Kier alpha value is -3.98. The summed E-state index contributed by atoms with van der Waals surface area (Å²) in [6.45, 7) is 6.42. The van der Waals surface area contributed by atoms with Crippen LogP contribution in [0.2, 0.25) is 0 Å². The van der Waals surface area contributed by atoms with Gasteiger partial charge in [-0.1, -0.05) is 48.0 Å². The first kappa shape index (κ1) is 25.6. The normalized spacial score (nSPS) is 11.6. The molecular formula is C26H28N4O4S. The minimum atomic E-state index is -4.00. The van der Waals surface area contributed by atoms with Crippen LogP contribution in [0.1, 0.15) is 30.5 Å². The summed E-state index contributed by atoms with van der Waals surface area (Å²) in [5.74, 6) is -0.757. The summed E-state index contributed by atoms with van der Waals surface area (Å²) in [6, 6.07) is 20.3. The van der Waals surface area contributed by atoms with Crippen molar-refractivity contribution in [2.75, 3.05) is 16.2 Å². The van der Waals surface area contributed by atoms with Crippen molar-refractivity contribution in [2.45, 2.75) is 32.6 Å². The maximum atomic E-state index is 13.5.